The standard InChI is InChI=1S/C5H15N3O3S/c1-5(9)4-7-2-3-8-12(6,10)11/h5,7-9H,2-4H2,1H3,(H2,6,10,11). The van der Waals surface area contributed by atoms with Gasteiger partial charge in [-0.25, -0.2) is 9.86 Å². The molecule has 0 spiro atoms. The minimum atomic E-state index is -3.58. The van der Waals surface area contributed by atoms with E-state index >= 15 is 0 Å². The Balaban J connectivity index is 3.23. The summed E-state index contributed by atoms with van der Waals surface area (Å²) in [4.78, 5) is 0. The molecule has 0 heterocycles. The first-order valence-electron chi connectivity index (χ1n) is 3.58. The van der Waals surface area contributed by atoms with E-state index in [1.807, 2.05) is 0 Å². The van der Waals surface area contributed by atoms with Gasteiger partial charge in [0.05, 0.1) is 6.10 Å². The molecule has 74 valence electrons. The monoisotopic (exact) mass is 197 g/mol. The highest BCUT2D eigenvalue weighted by Crippen LogP contribution is 1.73. The molecule has 6 nitrogen and oxygen atoms in total. The maximum Gasteiger partial charge on any atom is 0.274 e. The van der Waals surface area contributed by atoms with Crippen molar-refractivity contribution in [1.29, 1.82) is 0 Å². The zero-order valence-corrected chi connectivity index (χ0v) is 7.76. The number of nitrogens with two attached hydrogens (primary N) is 1. The van der Waals surface area contributed by atoms with Gasteiger partial charge in [-0.1, -0.05) is 0 Å². The van der Waals surface area contributed by atoms with Crippen LogP contribution in [0, 0.1) is 0 Å². The highest BCUT2D eigenvalue weighted by Gasteiger charge is 1.99. The van der Waals surface area contributed by atoms with Gasteiger partial charge < -0.3 is 10.4 Å². The summed E-state index contributed by atoms with van der Waals surface area (Å²) < 4.78 is 22.7. The van der Waals surface area contributed by atoms with Crippen molar-refractivity contribution >= 4 is 10.2 Å². The van der Waals surface area contributed by atoms with Gasteiger partial charge in [0.2, 0.25) is 0 Å². The Bertz CT molecular complexity index is 202. The Morgan fingerprint density at radius 2 is 2.08 bits per heavy atom. The lowest BCUT2D eigenvalue weighted by Gasteiger charge is -2.06. The average Bonchev–Trinajstić information content (AvgIpc) is 1.83. The van der Waals surface area contributed by atoms with E-state index in [1.54, 1.807) is 6.92 Å². The molecule has 0 saturated heterocycles. The van der Waals surface area contributed by atoms with Crippen molar-refractivity contribution in [3.63, 3.8) is 0 Å². The van der Waals surface area contributed by atoms with Gasteiger partial charge in [-0.05, 0) is 6.92 Å². The van der Waals surface area contributed by atoms with E-state index in [1.165, 1.54) is 0 Å². The van der Waals surface area contributed by atoms with Gasteiger partial charge in [0.1, 0.15) is 0 Å². The van der Waals surface area contributed by atoms with Gasteiger partial charge in [0.25, 0.3) is 10.2 Å². The second-order valence-electron chi connectivity index (χ2n) is 2.49. The first kappa shape index (κ1) is 11.8. The molecule has 0 rings (SSSR count). The van der Waals surface area contributed by atoms with Gasteiger partial charge in [0.15, 0.2) is 0 Å². The second kappa shape index (κ2) is 5.44. The van der Waals surface area contributed by atoms with E-state index in [2.05, 4.69) is 15.2 Å². The van der Waals surface area contributed by atoms with Crippen LogP contribution >= 0.6 is 0 Å². The Morgan fingerprint density at radius 3 is 2.50 bits per heavy atom. The van der Waals surface area contributed by atoms with E-state index in [0.29, 0.717) is 13.1 Å². The molecule has 0 amide bonds. The summed E-state index contributed by atoms with van der Waals surface area (Å²) in [5.41, 5.74) is 0. The molecule has 0 aliphatic heterocycles. The third-order valence-electron chi connectivity index (χ3n) is 1.04. The summed E-state index contributed by atoms with van der Waals surface area (Å²) in [5.74, 6) is 0. The van der Waals surface area contributed by atoms with Crippen LogP contribution in [0.4, 0.5) is 0 Å². The summed E-state index contributed by atoms with van der Waals surface area (Å²) in [6, 6.07) is 0. The van der Waals surface area contributed by atoms with Crippen molar-refractivity contribution in [3.8, 4) is 0 Å². The van der Waals surface area contributed by atoms with Crippen molar-refractivity contribution in [2.75, 3.05) is 19.6 Å². The van der Waals surface area contributed by atoms with Crippen LogP contribution in [0.15, 0.2) is 0 Å². The first-order chi connectivity index (χ1) is 5.42. The van der Waals surface area contributed by atoms with Crippen LogP contribution in [0.3, 0.4) is 0 Å². The van der Waals surface area contributed by atoms with Gasteiger partial charge in [-0.3, -0.25) is 0 Å². The number of hydrogen-bond donors (Lipinski definition) is 4. The minimum absolute atomic E-state index is 0.228. The van der Waals surface area contributed by atoms with Crippen molar-refractivity contribution in [1.82, 2.24) is 10.0 Å². The summed E-state index contributed by atoms with van der Waals surface area (Å²) >= 11 is 0. The molecule has 0 fully saturated rings. The van der Waals surface area contributed by atoms with E-state index in [9.17, 15) is 8.42 Å². The zero-order chi connectivity index (χ0) is 9.61. The average molecular weight is 197 g/mol. The molecule has 0 aromatic carbocycles. The highest BCUT2D eigenvalue weighted by molar-refractivity contribution is 7.87. The predicted molar refractivity (Wildman–Crippen MR) is 45.7 cm³/mol. The Hall–Kier alpha value is -0.210. The van der Waals surface area contributed by atoms with Crippen LogP contribution in [0.2, 0.25) is 0 Å². The predicted octanol–water partition coefficient (Wildman–Crippen LogP) is -2.25. The Labute approximate surface area is 72.3 Å². The fourth-order valence-corrected chi connectivity index (χ4v) is 0.979. The smallest absolute Gasteiger partial charge is 0.274 e. The van der Waals surface area contributed by atoms with Crippen molar-refractivity contribution in [3.05, 3.63) is 0 Å². The molecule has 0 aromatic rings. The van der Waals surface area contributed by atoms with Crippen molar-refractivity contribution in [2.24, 2.45) is 5.14 Å². The van der Waals surface area contributed by atoms with Crippen molar-refractivity contribution < 1.29 is 13.5 Å². The maximum absolute atomic E-state index is 10.3. The highest BCUT2D eigenvalue weighted by atomic mass is 32.2. The molecule has 5 N–H and O–H groups in total. The minimum Gasteiger partial charge on any atom is -0.392 e. The molecule has 0 bridgehead atoms. The van der Waals surface area contributed by atoms with Gasteiger partial charge in [-0.15, -0.1) is 0 Å². The van der Waals surface area contributed by atoms with Crippen LogP contribution in [-0.2, 0) is 10.2 Å². The zero-order valence-electron chi connectivity index (χ0n) is 6.95. The topological polar surface area (TPSA) is 104 Å². The molecule has 12 heavy (non-hydrogen) atoms. The number of nitrogens with one attached hydrogen (secondary N) is 2. The van der Waals surface area contributed by atoms with Crippen LogP contribution < -0.4 is 15.2 Å². The molecule has 7 heteroatoms. The summed E-state index contributed by atoms with van der Waals surface area (Å²) in [6.45, 7) is 2.75. The Morgan fingerprint density at radius 1 is 1.50 bits per heavy atom. The van der Waals surface area contributed by atoms with E-state index in [-0.39, 0.29) is 6.54 Å². The SMILES string of the molecule is CC(O)CNCCNS(N)(=O)=O. The van der Waals surface area contributed by atoms with Crippen LogP contribution in [0.25, 0.3) is 0 Å². The molecule has 0 aromatic heterocycles. The molecule has 0 aliphatic carbocycles. The fourth-order valence-electron chi connectivity index (χ4n) is 0.593. The fraction of sp³-hybridized carbons (Fsp3) is 1.00. The normalized spacial score (nSPS) is 14.6. The van der Waals surface area contributed by atoms with Crippen LogP contribution in [0.5, 0.6) is 0 Å². The van der Waals surface area contributed by atoms with E-state index in [0.717, 1.165) is 0 Å². The van der Waals surface area contributed by atoms with Crippen LogP contribution in [0.1, 0.15) is 6.92 Å². The summed E-state index contributed by atoms with van der Waals surface area (Å²) in [7, 11) is -3.58. The lowest BCUT2D eigenvalue weighted by atomic mass is 10.4. The summed E-state index contributed by atoms with van der Waals surface area (Å²) in [5, 5.41) is 16.3. The van der Waals surface area contributed by atoms with E-state index < -0.39 is 16.3 Å². The molecule has 0 aliphatic rings. The lowest BCUT2D eigenvalue weighted by molar-refractivity contribution is 0.192. The number of hydrogen-bond acceptors (Lipinski definition) is 4. The number of aliphatic hydroxyl groups is 1. The third-order valence-corrected chi connectivity index (χ3v) is 1.65. The molecular weight excluding hydrogens is 182 g/mol. The molecule has 1 unspecified atom stereocenters. The van der Waals surface area contributed by atoms with Gasteiger partial charge in [0, 0.05) is 19.6 Å². The summed E-state index contributed by atoms with van der Waals surface area (Å²) in [6.07, 6.45) is -0.431. The van der Waals surface area contributed by atoms with Crippen LogP contribution in [-0.4, -0.2) is 39.3 Å². The lowest BCUT2D eigenvalue weighted by Crippen LogP contribution is -2.37. The van der Waals surface area contributed by atoms with E-state index in [4.69, 9.17) is 5.11 Å². The number of aliphatic hydroxyl groups excluding tert-OH is 1. The van der Waals surface area contributed by atoms with Gasteiger partial charge >= 0.3 is 0 Å². The third kappa shape index (κ3) is 9.79. The van der Waals surface area contributed by atoms with Crippen molar-refractivity contribution in [2.45, 2.75) is 13.0 Å². The molecule has 0 radical (unpaired) electrons. The number of rotatable bonds is 6. The maximum atomic E-state index is 10.3. The van der Waals surface area contributed by atoms with Gasteiger partial charge in [-0.2, -0.15) is 8.42 Å². The first-order valence-corrected chi connectivity index (χ1v) is 5.12. The molecule has 0 saturated carbocycles. The largest absolute Gasteiger partial charge is 0.392 e. The molecule has 1 atom stereocenters. The Kier molecular flexibility index (Phi) is 5.34. The molecular formula is C5H15N3O3S. The quantitative estimate of drug-likeness (QED) is 0.361. The second-order valence-corrected chi connectivity index (χ2v) is 3.87.